The molecule has 1 aromatic carbocycles. The van der Waals surface area contributed by atoms with Gasteiger partial charge in [0.25, 0.3) is 5.91 Å². The number of hydrogen-bond acceptors (Lipinski definition) is 3. The molecule has 1 aliphatic rings. The minimum Gasteiger partial charge on any atom is -0.372 e. The minimum atomic E-state index is -0.347. The predicted molar refractivity (Wildman–Crippen MR) is 112 cm³/mol. The van der Waals surface area contributed by atoms with Crippen LogP contribution in [0.3, 0.4) is 0 Å². The molecule has 1 saturated heterocycles. The van der Waals surface area contributed by atoms with Crippen molar-refractivity contribution in [1.29, 1.82) is 0 Å². The largest absolute Gasteiger partial charge is 0.372 e. The quantitative estimate of drug-likeness (QED) is 0.815. The van der Waals surface area contributed by atoms with Crippen molar-refractivity contribution in [2.45, 2.75) is 39.7 Å². The predicted octanol–water partition coefficient (Wildman–Crippen LogP) is 3.42. The molecule has 1 amide bonds. The van der Waals surface area contributed by atoms with Gasteiger partial charge >= 0.3 is 0 Å². The third kappa shape index (κ3) is 4.03. The van der Waals surface area contributed by atoms with Gasteiger partial charge in [-0.1, -0.05) is 12.1 Å². The second-order valence-corrected chi connectivity index (χ2v) is 7.83. The van der Waals surface area contributed by atoms with E-state index in [9.17, 15) is 4.79 Å². The molecule has 0 bridgehead atoms. The zero-order valence-electron chi connectivity index (χ0n) is 17.1. The Hall–Kier alpha value is -2.27. The number of benzene rings is 1. The molecule has 2 N–H and O–H groups in total. The van der Waals surface area contributed by atoms with E-state index in [0.29, 0.717) is 5.56 Å². The maximum absolute atomic E-state index is 12.2. The van der Waals surface area contributed by atoms with E-state index in [1.165, 1.54) is 18.5 Å². The molecular formula is C22H32N4O. The highest BCUT2D eigenvalue weighted by Crippen LogP contribution is 2.34. The smallest absolute Gasteiger partial charge is 0.251 e. The summed E-state index contributed by atoms with van der Waals surface area (Å²) in [4.78, 5) is 16.8. The van der Waals surface area contributed by atoms with E-state index in [2.05, 4.69) is 59.7 Å². The van der Waals surface area contributed by atoms with Crippen LogP contribution in [0.1, 0.15) is 41.0 Å². The normalized spacial score (nSPS) is 14.3. The van der Waals surface area contributed by atoms with Gasteiger partial charge in [0.1, 0.15) is 0 Å². The Morgan fingerprint density at radius 1 is 1.07 bits per heavy atom. The Labute approximate surface area is 162 Å². The Kier molecular flexibility index (Phi) is 5.90. The number of rotatable bonds is 7. The van der Waals surface area contributed by atoms with Gasteiger partial charge in [0, 0.05) is 42.3 Å². The number of carbonyl (C=O) groups is 1. The third-order valence-electron chi connectivity index (χ3n) is 5.64. The summed E-state index contributed by atoms with van der Waals surface area (Å²) in [5, 5.41) is 0. The van der Waals surface area contributed by atoms with Crippen molar-refractivity contribution in [2.75, 3.05) is 38.6 Å². The van der Waals surface area contributed by atoms with Gasteiger partial charge in [0.05, 0.1) is 5.56 Å². The van der Waals surface area contributed by atoms with Gasteiger partial charge in [-0.3, -0.25) is 4.79 Å². The summed E-state index contributed by atoms with van der Waals surface area (Å²) in [6, 6.07) is 8.60. The lowest BCUT2D eigenvalue weighted by atomic mass is 9.99. The van der Waals surface area contributed by atoms with Crippen molar-refractivity contribution in [3.63, 3.8) is 0 Å². The molecule has 1 fully saturated rings. The van der Waals surface area contributed by atoms with Crippen LogP contribution in [0, 0.1) is 13.8 Å². The second-order valence-electron chi connectivity index (χ2n) is 7.83. The van der Waals surface area contributed by atoms with Gasteiger partial charge in [-0.2, -0.15) is 0 Å². The van der Waals surface area contributed by atoms with Crippen molar-refractivity contribution in [1.82, 2.24) is 9.47 Å². The SMILES string of the molecule is Cc1c(C(N)=O)c(-c2ccc(N3CCCC3)cc2)c(C)n1CCCN(C)C. The lowest BCUT2D eigenvalue weighted by Gasteiger charge is -2.18. The first-order chi connectivity index (χ1) is 12.9. The van der Waals surface area contributed by atoms with Crippen LogP contribution in [0.25, 0.3) is 11.1 Å². The van der Waals surface area contributed by atoms with Crippen LogP contribution in [0.15, 0.2) is 24.3 Å². The summed E-state index contributed by atoms with van der Waals surface area (Å²) < 4.78 is 2.24. The van der Waals surface area contributed by atoms with Crippen molar-refractivity contribution >= 4 is 11.6 Å². The van der Waals surface area contributed by atoms with Crippen molar-refractivity contribution in [2.24, 2.45) is 5.73 Å². The lowest BCUT2D eigenvalue weighted by Crippen LogP contribution is -2.17. The fourth-order valence-corrected chi connectivity index (χ4v) is 4.23. The van der Waals surface area contributed by atoms with Gasteiger partial charge in [-0.05, 0) is 71.4 Å². The molecule has 5 nitrogen and oxygen atoms in total. The van der Waals surface area contributed by atoms with Crippen molar-refractivity contribution in [3.8, 4) is 11.1 Å². The zero-order chi connectivity index (χ0) is 19.6. The number of carbonyl (C=O) groups excluding carboxylic acids is 1. The summed E-state index contributed by atoms with van der Waals surface area (Å²) in [6.45, 7) is 8.27. The summed E-state index contributed by atoms with van der Waals surface area (Å²) >= 11 is 0. The molecule has 0 spiro atoms. The van der Waals surface area contributed by atoms with Gasteiger partial charge in [-0.15, -0.1) is 0 Å². The summed E-state index contributed by atoms with van der Waals surface area (Å²) in [5.74, 6) is -0.347. The van der Waals surface area contributed by atoms with Crippen LogP contribution < -0.4 is 10.6 Å². The number of hydrogen-bond donors (Lipinski definition) is 1. The fraction of sp³-hybridized carbons (Fsp3) is 0.500. The average molecular weight is 369 g/mol. The monoisotopic (exact) mass is 368 g/mol. The highest BCUT2D eigenvalue weighted by atomic mass is 16.1. The molecular weight excluding hydrogens is 336 g/mol. The zero-order valence-corrected chi connectivity index (χ0v) is 17.1. The minimum absolute atomic E-state index is 0.347. The number of nitrogens with zero attached hydrogens (tertiary/aromatic N) is 3. The van der Waals surface area contributed by atoms with Crippen LogP contribution in [0.2, 0.25) is 0 Å². The van der Waals surface area contributed by atoms with Crippen LogP contribution in [0.4, 0.5) is 5.69 Å². The Morgan fingerprint density at radius 3 is 2.26 bits per heavy atom. The van der Waals surface area contributed by atoms with Crippen molar-refractivity contribution < 1.29 is 4.79 Å². The number of aromatic nitrogens is 1. The van der Waals surface area contributed by atoms with Crippen LogP contribution in [0.5, 0.6) is 0 Å². The summed E-state index contributed by atoms with van der Waals surface area (Å²) in [5.41, 5.74) is 11.8. The molecule has 5 heteroatoms. The molecule has 2 aromatic rings. The standard InChI is InChI=1S/C22H32N4O/c1-16-20(18-8-10-19(11-9-18)25-13-5-6-14-25)21(22(23)27)17(2)26(16)15-7-12-24(3)4/h8-11H,5-7,12-15H2,1-4H3,(H2,23,27). The van der Waals surface area contributed by atoms with E-state index < -0.39 is 0 Å². The molecule has 0 atom stereocenters. The Morgan fingerprint density at radius 2 is 1.70 bits per heavy atom. The van der Waals surface area contributed by atoms with Gasteiger partial charge in [0.15, 0.2) is 0 Å². The molecule has 1 aliphatic heterocycles. The number of amides is 1. The van der Waals surface area contributed by atoms with Crippen LogP contribution in [-0.4, -0.2) is 49.1 Å². The van der Waals surface area contributed by atoms with E-state index in [1.54, 1.807) is 0 Å². The molecule has 0 saturated carbocycles. The first kappa shape index (κ1) is 19.5. The molecule has 0 radical (unpaired) electrons. The van der Waals surface area contributed by atoms with Gasteiger partial charge in [0.2, 0.25) is 0 Å². The highest BCUT2D eigenvalue weighted by Gasteiger charge is 2.22. The fourth-order valence-electron chi connectivity index (χ4n) is 4.23. The summed E-state index contributed by atoms with van der Waals surface area (Å²) in [6.07, 6.45) is 3.57. The first-order valence-electron chi connectivity index (χ1n) is 9.89. The molecule has 1 aromatic heterocycles. The van der Waals surface area contributed by atoms with Crippen LogP contribution in [-0.2, 0) is 6.54 Å². The molecule has 146 valence electrons. The maximum Gasteiger partial charge on any atom is 0.251 e. The maximum atomic E-state index is 12.2. The third-order valence-corrected chi connectivity index (χ3v) is 5.64. The van der Waals surface area contributed by atoms with E-state index in [4.69, 9.17) is 5.73 Å². The van der Waals surface area contributed by atoms with Crippen molar-refractivity contribution in [3.05, 3.63) is 41.2 Å². The number of nitrogens with two attached hydrogens (primary N) is 1. The lowest BCUT2D eigenvalue weighted by molar-refractivity contribution is 0.1000. The summed E-state index contributed by atoms with van der Waals surface area (Å²) in [7, 11) is 4.16. The molecule has 0 unspecified atom stereocenters. The van der Waals surface area contributed by atoms with Gasteiger partial charge in [-0.25, -0.2) is 0 Å². The van der Waals surface area contributed by atoms with E-state index in [1.807, 2.05) is 6.92 Å². The van der Waals surface area contributed by atoms with E-state index in [-0.39, 0.29) is 5.91 Å². The van der Waals surface area contributed by atoms with E-state index in [0.717, 1.165) is 55.1 Å². The molecule has 27 heavy (non-hydrogen) atoms. The topological polar surface area (TPSA) is 54.5 Å². The molecule has 2 heterocycles. The number of anilines is 1. The van der Waals surface area contributed by atoms with Crippen LogP contribution >= 0.6 is 0 Å². The highest BCUT2D eigenvalue weighted by molar-refractivity contribution is 6.02. The van der Waals surface area contributed by atoms with Gasteiger partial charge < -0.3 is 20.1 Å². The van der Waals surface area contributed by atoms with E-state index >= 15 is 0 Å². The first-order valence-corrected chi connectivity index (χ1v) is 9.89. The Balaban J connectivity index is 1.94. The number of primary amides is 1. The second kappa shape index (κ2) is 8.17. The Bertz CT molecular complexity index is 799. The molecule has 3 rings (SSSR count). The average Bonchev–Trinajstić information content (AvgIpc) is 3.23. The molecule has 0 aliphatic carbocycles.